The number of esters is 1. The quantitative estimate of drug-likeness (QED) is 0.636. The Hall–Kier alpha value is -2.68. The molecule has 8 nitrogen and oxygen atoms in total. The first-order chi connectivity index (χ1) is 15.6. The minimum atomic E-state index is -0.531. The molecule has 1 aromatic heterocycles. The van der Waals surface area contributed by atoms with Crippen molar-refractivity contribution in [2.45, 2.75) is 6.04 Å². The van der Waals surface area contributed by atoms with E-state index >= 15 is 0 Å². The smallest absolute Gasteiger partial charge is 0.327 e. The first-order valence-corrected chi connectivity index (χ1v) is 11.1. The van der Waals surface area contributed by atoms with Gasteiger partial charge in [0.2, 0.25) is 0 Å². The number of aromatic nitrogens is 1. The van der Waals surface area contributed by atoms with Crippen molar-refractivity contribution in [1.29, 1.82) is 0 Å². The summed E-state index contributed by atoms with van der Waals surface area (Å²) in [6, 6.07) is 10.3. The van der Waals surface area contributed by atoms with E-state index in [4.69, 9.17) is 21.1 Å². The lowest BCUT2D eigenvalue weighted by Gasteiger charge is -2.38. The van der Waals surface area contributed by atoms with Gasteiger partial charge in [-0.2, -0.15) is 0 Å². The zero-order valence-corrected chi connectivity index (χ0v) is 18.8. The molecule has 0 bridgehead atoms. The summed E-state index contributed by atoms with van der Waals surface area (Å²) in [5, 5.41) is 0.611. The Balaban J connectivity index is 1.47. The van der Waals surface area contributed by atoms with Crippen LogP contribution in [0.3, 0.4) is 0 Å². The Morgan fingerprint density at radius 2 is 1.72 bits per heavy atom. The second-order valence-electron chi connectivity index (χ2n) is 7.78. The summed E-state index contributed by atoms with van der Waals surface area (Å²) in [6.07, 6.45) is 1.71. The number of ether oxygens (including phenoxy) is 2. The van der Waals surface area contributed by atoms with Crippen molar-refractivity contribution in [2.75, 3.05) is 64.5 Å². The van der Waals surface area contributed by atoms with Crippen molar-refractivity contribution < 1.29 is 19.1 Å². The van der Waals surface area contributed by atoms with Crippen LogP contribution in [0.1, 0.15) is 22.0 Å². The number of hydrogen-bond acceptors (Lipinski definition) is 7. The van der Waals surface area contributed by atoms with Gasteiger partial charge in [0.1, 0.15) is 11.9 Å². The van der Waals surface area contributed by atoms with Crippen molar-refractivity contribution in [1.82, 2.24) is 14.8 Å². The van der Waals surface area contributed by atoms with Crippen LogP contribution in [0.15, 0.2) is 42.6 Å². The van der Waals surface area contributed by atoms with Crippen molar-refractivity contribution in [3.05, 3.63) is 58.7 Å². The van der Waals surface area contributed by atoms with Crippen LogP contribution in [-0.4, -0.2) is 86.3 Å². The number of hydrogen-bond donors (Lipinski definition) is 0. The maximum Gasteiger partial charge on any atom is 0.327 e. The lowest BCUT2D eigenvalue weighted by Crippen LogP contribution is -2.51. The molecule has 0 saturated carbocycles. The first-order valence-electron chi connectivity index (χ1n) is 10.7. The Kier molecular flexibility index (Phi) is 7.24. The average molecular weight is 459 g/mol. The minimum Gasteiger partial charge on any atom is -0.468 e. The van der Waals surface area contributed by atoms with Gasteiger partial charge in [0.25, 0.3) is 5.91 Å². The van der Waals surface area contributed by atoms with E-state index in [1.807, 2.05) is 28.0 Å². The zero-order valence-electron chi connectivity index (χ0n) is 18.1. The lowest BCUT2D eigenvalue weighted by atomic mass is 10.0. The number of benzene rings is 1. The summed E-state index contributed by atoms with van der Waals surface area (Å²) >= 11 is 6.01. The highest BCUT2D eigenvalue weighted by molar-refractivity contribution is 6.30. The summed E-state index contributed by atoms with van der Waals surface area (Å²) in [6.45, 7) is 4.82. The van der Waals surface area contributed by atoms with Crippen molar-refractivity contribution in [2.24, 2.45) is 0 Å². The number of methoxy groups -OCH3 is 1. The number of piperazine rings is 1. The third-order valence-corrected chi connectivity index (χ3v) is 6.16. The van der Waals surface area contributed by atoms with Crippen LogP contribution in [0.25, 0.3) is 0 Å². The highest BCUT2D eigenvalue weighted by atomic mass is 35.5. The summed E-state index contributed by atoms with van der Waals surface area (Å²) in [4.78, 5) is 36.3. The second-order valence-corrected chi connectivity index (χ2v) is 8.22. The van der Waals surface area contributed by atoms with Crippen LogP contribution >= 0.6 is 11.6 Å². The third kappa shape index (κ3) is 4.87. The molecule has 0 N–H and O–H groups in total. The number of amides is 1. The molecule has 2 aliphatic heterocycles. The molecule has 2 aromatic rings. The van der Waals surface area contributed by atoms with Crippen molar-refractivity contribution in [3.8, 4) is 0 Å². The van der Waals surface area contributed by atoms with Crippen LogP contribution in [0.5, 0.6) is 0 Å². The van der Waals surface area contributed by atoms with Crippen LogP contribution in [0.4, 0.5) is 5.82 Å². The standard InChI is InChI=1S/C23H27ClN4O4/c1-31-23(30)20(17-4-6-18(24)7-5-17)26-9-11-28(12-10-26)22(29)19-3-2-8-25-21(19)27-13-15-32-16-14-27/h2-8,20H,9-16H2,1H3/t20-/m1/s1. The normalized spacial score (nSPS) is 18.3. The molecule has 0 radical (unpaired) electrons. The fraction of sp³-hybridized carbons (Fsp3) is 0.435. The first kappa shape index (κ1) is 22.5. The predicted molar refractivity (Wildman–Crippen MR) is 121 cm³/mol. The zero-order chi connectivity index (χ0) is 22.5. The van der Waals surface area contributed by atoms with E-state index in [1.54, 1.807) is 24.4 Å². The topological polar surface area (TPSA) is 75.2 Å². The van der Waals surface area contributed by atoms with Gasteiger partial charge in [-0.25, -0.2) is 9.78 Å². The lowest BCUT2D eigenvalue weighted by molar-refractivity contribution is -0.148. The number of nitrogens with zero attached hydrogens (tertiary/aromatic N) is 4. The average Bonchev–Trinajstić information content (AvgIpc) is 2.86. The molecule has 0 unspecified atom stereocenters. The van der Waals surface area contributed by atoms with Gasteiger partial charge in [-0.3, -0.25) is 9.69 Å². The highest BCUT2D eigenvalue weighted by Gasteiger charge is 2.33. The van der Waals surface area contributed by atoms with E-state index in [0.29, 0.717) is 68.9 Å². The van der Waals surface area contributed by atoms with Gasteiger partial charge >= 0.3 is 5.97 Å². The molecule has 2 aliphatic rings. The van der Waals surface area contributed by atoms with Crippen molar-refractivity contribution in [3.63, 3.8) is 0 Å². The summed E-state index contributed by atoms with van der Waals surface area (Å²) < 4.78 is 10.5. The van der Waals surface area contributed by atoms with E-state index in [2.05, 4.69) is 9.88 Å². The van der Waals surface area contributed by atoms with E-state index in [-0.39, 0.29) is 11.9 Å². The molecular weight excluding hydrogens is 432 g/mol. The molecule has 0 aliphatic carbocycles. The largest absolute Gasteiger partial charge is 0.468 e. The molecule has 1 aromatic carbocycles. The molecule has 2 saturated heterocycles. The number of morpholine rings is 1. The number of halogens is 1. The molecule has 32 heavy (non-hydrogen) atoms. The number of rotatable bonds is 5. The number of carbonyl (C=O) groups is 2. The molecule has 3 heterocycles. The molecule has 1 atom stereocenters. The van der Waals surface area contributed by atoms with Crippen molar-refractivity contribution >= 4 is 29.3 Å². The minimum absolute atomic E-state index is 0.0413. The summed E-state index contributed by atoms with van der Waals surface area (Å²) in [7, 11) is 1.39. The van der Waals surface area contributed by atoms with Gasteiger partial charge in [0, 0.05) is 50.5 Å². The number of pyridine rings is 1. The van der Waals surface area contributed by atoms with Crippen LogP contribution in [0, 0.1) is 0 Å². The molecule has 9 heteroatoms. The van der Waals surface area contributed by atoms with Gasteiger partial charge < -0.3 is 19.3 Å². The predicted octanol–water partition coefficient (Wildman–Crippen LogP) is 2.24. The van der Waals surface area contributed by atoms with Gasteiger partial charge in [0.05, 0.1) is 25.9 Å². The van der Waals surface area contributed by atoms with Gasteiger partial charge in [-0.1, -0.05) is 23.7 Å². The molecule has 1 amide bonds. The highest BCUT2D eigenvalue weighted by Crippen LogP contribution is 2.26. The monoisotopic (exact) mass is 458 g/mol. The van der Waals surface area contributed by atoms with Gasteiger partial charge in [-0.05, 0) is 29.8 Å². The van der Waals surface area contributed by atoms with E-state index in [9.17, 15) is 9.59 Å². The molecule has 2 fully saturated rings. The van der Waals surface area contributed by atoms with Crippen LogP contribution in [0.2, 0.25) is 5.02 Å². The van der Waals surface area contributed by atoms with Gasteiger partial charge in [0.15, 0.2) is 0 Å². The fourth-order valence-electron chi connectivity index (χ4n) is 4.20. The third-order valence-electron chi connectivity index (χ3n) is 5.90. The maximum atomic E-state index is 13.3. The Bertz CT molecular complexity index is 941. The van der Waals surface area contributed by atoms with E-state index < -0.39 is 6.04 Å². The Morgan fingerprint density at radius 1 is 1.03 bits per heavy atom. The SMILES string of the molecule is COC(=O)[C@@H](c1ccc(Cl)cc1)N1CCN(C(=O)c2cccnc2N2CCOCC2)CC1. The van der Waals surface area contributed by atoms with E-state index in [1.165, 1.54) is 7.11 Å². The summed E-state index contributed by atoms with van der Waals surface area (Å²) in [5.41, 5.74) is 1.42. The maximum absolute atomic E-state index is 13.3. The molecular formula is C23H27ClN4O4. The Labute approximate surface area is 192 Å². The molecule has 4 rings (SSSR count). The van der Waals surface area contributed by atoms with Crippen LogP contribution in [-0.2, 0) is 14.3 Å². The van der Waals surface area contributed by atoms with Crippen LogP contribution < -0.4 is 4.90 Å². The number of anilines is 1. The Morgan fingerprint density at radius 3 is 2.38 bits per heavy atom. The fourth-order valence-corrected chi connectivity index (χ4v) is 4.32. The van der Waals surface area contributed by atoms with E-state index in [0.717, 1.165) is 5.56 Å². The summed E-state index contributed by atoms with van der Waals surface area (Å²) in [5.74, 6) is 0.339. The number of carbonyl (C=O) groups excluding carboxylic acids is 2. The second kappa shape index (κ2) is 10.3. The molecule has 0 spiro atoms. The molecule has 170 valence electrons. The van der Waals surface area contributed by atoms with Gasteiger partial charge in [-0.15, -0.1) is 0 Å².